The van der Waals surface area contributed by atoms with Gasteiger partial charge >= 0.3 is 0 Å². The minimum Gasteiger partial charge on any atom is -0.386 e. The minimum absolute atomic E-state index is 0.130. The molecule has 5 heteroatoms. The van der Waals surface area contributed by atoms with Gasteiger partial charge in [0.15, 0.2) is 5.96 Å². The number of aliphatic hydroxyl groups excluding tert-OH is 1. The average Bonchev–Trinajstić information content (AvgIpc) is 2.52. The van der Waals surface area contributed by atoms with Gasteiger partial charge in [0.25, 0.3) is 0 Å². The second kappa shape index (κ2) is 11.0. The lowest BCUT2D eigenvalue weighted by molar-refractivity contribution is 0.182. The third-order valence-corrected chi connectivity index (χ3v) is 3.35. The molecule has 3 N–H and O–H groups in total. The first-order chi connectivity index (χ1) is 10.7. The van der Waals surface area contributed by atoms with E-state index in [2.05, 4.69) is 22.5 Å². The van der Waals surface area contributed by atoms with Crippen LogP contribution in [0, 0.1) is 5.82 Å². The SMILES string of the molecule is CCCCCCNC(=NCC(O)c1ccccc1F)NCC. The summed E-state index contributed by atoms with van der Waals surface area (Å²) in [6.07, 6.45) is 3.80. The Bertz CT molecular complexity index is 451. The van der Waals surface area contributed by atoms with Crippen molar-refractivity contribution in [1.82, 2.24) is 10.6 Å². The Labute approximate surface area is 132 Å². The number of halogens is 1. The summed E-state index contributed by atoms with van der Waals surface area (Å²) in [7, 11) is 0. The van der Waals surface area contributed by atoms with Crippen LogP contribution in [-0.2, 0) is 0 Å². The zero-order valence-corrected chi connectivity index (χ0v) is 13.6. The number of hydrogen-bond acceptors (Lipinski definition) is 2. The number of aliphatic hydroxyl groups is 1. The monoisotopic (exact) mass is 309 g/mol. The fourth-order valence-electron chi connectivity index (χ4n) is 2.12. The van der Waals surface area contributed by atoms with Crippen molar-refractivity contribution in [1.29, 1.82) is 0 Å². The van der Waals surface area contributed by atoms with Gasteiger partial charge in [0.1, 0.15) is 11.9 Å². The van der Waals surface area contributed by atoms with Gasteiger partial charge in [0.2, 0.25) is 0 Å². The standard InChI is InChI=1S/C17H28FN3O/c1-3-5-6-9-12-20-17(19-4-2)21-13-16(22)14-10-7-8-11-15(14)18/h7-8,10-11,16,22H,3-6,9,12-13H2,1-2H3,(H2,19,20,21). The van der Waals surface area contributed by atoms with Gasteiger partial charge in [0.05, 0.1) is 6.54 Å². The van der Waals surface area contributed by atoms with E-state index in [0.29, 0.717) is 5.96 Å². The van der Waals surface area contributed by atoms with Gasteiger partial charge in [0, 0.05) is 18.7 Å². The maximum Gasteiger partial charge on any atom is 0.191 e. The van der Waals surface area contributed by atoms with E-state index in [0.717, 1.165) is 19.5 Å². The van der Waals surface area contributed by atoms with E-state index >= 15 is 0 Å². The van der Waals surface area contributed by atoms with Crippen LogP contribution in [0.3, 0.4) is 0 Å². The van der Waals surface area contributed by atoms with Gasteiger partial charge in [-0.25, -0.2) is 4.39 Å². The van der Waals surface area contributed by atoms with E-state index in [-0.39, 0.29) is 12.1 Å². The van der Waals surface area contributed by atoms with Gasteiger partial charge in [-0.15, -0.1) is 0 Å². The normalized spacial score (nSPS) is 13.0. The third-order valence-electron chi connectivity index (χ3n) is 3.35. The molecule has 124 valence electrons. The summed E-state index contributed by atoms with van der Waals surface area (Å²) in [5, 5.41) is 16.4. The zero-order valence-electron chi connectivity index (χ0n) is 13.6. The van der Waals surface area contributed by atoms with Crippen molar-refractivity contribution in [2.24, 2.45) is 4.99 Å². The minimum atomic E-state index is -0.934. The van der Waals surface area contributed by atoms with Crippen LogP contribution in [0.15, 0.2) is 29.3 Å². The molecule has 0 saturated heterocycles. The molecule has 0 aliphatic rings. The van der Waals surface area contributed by atoms with Crippen molar-refractivity contribution in [3.05, 3.63) is 35.6 Å². The molecule has 1 unspecified atom stereocenters. The molecule has 0 aliphatic heterocycles. The summed E-state index contributed by atoms with van der Waals surface area (Å²) in [6.45, 7) is 5.90. The summed E-state index contributed by atoms with van der Waals surface area (Å²) >= 11 is 0. The molecular formula is C17H28FN3O. The van der Waals surface area contributed by atoms with Crippen LogP contribution in [0.25, 0.3) is 0 Å². The number of nitrogens with one attached hydrogen (secondary N) is 2. The maximum atomic E-state index is 13.6. The largest absolute Gasteiger partial charge is 0.386 e. The fourth-order valence-corrected chi connectivity index (χ4v) is 2.12. The Hall–Kier alpha value is -1.62. The zero-order chi connectivity index (χ0) is 16.2. The van der Waals surface area contributed by atoms with Crippen molar-refractivity contribution in [3.63, 3.8) is 0 Å². The average molecular weight is 309 g/mol. The summed E-state index contributed by atoms with van der Waals surface area (Å²) in [5.41, 5.74) is 0.282. The number of nitrogens with zero attached hydrogens (tertiary/aromatic N) is 1. The molecule has 0 saturated carbocycles. The van der Waals surface area contributed by atoms with Gasteiger partial charge in [-0.1, -0.05) is 44.4 Å². The first kappa shape index (κ1) is 18.4. The Balaban J connectivity index is 2.48. The first-order valence-corrected chi connectivity index (χ1v) is 8.13. The number of hydrogen-bond donors (Lipinski definition) is 3. The Morgan fingerprint density at radius 1 is 1.18 bits per heavy atom. The lowest BCUT2D eigenvalue weighted by atomic mass is 10.1. The predicted molar refractivity (Wildman–Crippen MR) is 89.5 cm³/mol. The third kappa shape index (κ3) is 6.89. The number of benzene rings is 1. The van der Waals surface area contributed by atoms with E-state index < -0.39 is 11.9 Å². The molecule has 0 aromatic heterocycles. The summed E-state index contributed by atoms with van der Waals surface area (Å²) in [6, 6.07) is 6.25. The topological polar surface area (TPSA) is 56.7 Å². The number of unbranched alkanes of at least 4 members (excludes halogenated alkanes) is 3. The van der Waals surface area contributed by atoms with E-state index in [1.807, 2.05) is 6.92 Å². The first-order valence-electron chi connectivity index (χ1n) is 8.13. The molecule has 4 nitrogen and oxygen atoms in total. The summed E-state index contributed by atoms with van der Waals surface area (Å²) in [4.78, 5) is 4.33. The van der Waals surface area contributed by atoms with Crippen LogP contribution in [0.4, 0.5) is 4.39 Å². The van der Waals surface area contributed by atoms with Crippen LogP contribution >= 0.6 is 0 Å². The van der Waals surface area contributed by atoms with E-state index in [1.165, 1.54) is 25.3 Å². The highest BCUT2D eigenvalue weighted by molar-refractivity contribution is 5.79. The smallest absolute Gasteiger partial charge is 0.191 e. The number of rotatable bonds is 9. The molecule has 1 rings (SSSR count). The van der Waals surface area contributed by atoms with Crippen LogP contribution in [0.5, 0.6) is 0 Å². The predicted octanol–water partition coefficient (Wildman–Crippen LogP) is 2.99. The highest BCUT2D eigenvalue weighted by atomic mass is 19.1. The van der Waals surface area contributed by atoms with Crippen molar-refractivity contribution in [3.8, 4) is 0 Å². The van der Waals surface area contributed by atoms with Crippen LogP contribution in [-0.4, -0.2) is 30.7 Å². The molecule has 0 radical (unpaired) electrons. The molecule has 0 aliphatic carbocycles. The maximum absolute atomic E-state index is 13.6. The molecule has 0 bridgehead atoms. The molecule has 1 atom stereocenters. The van der Waals surface area contributed by atoms with Crippen molar-refractivity contribution >= 4 is 5.96 Å². The van der Waals surface area contributed by atoms with Crippen molar-refractivity contribution in [2.75, 3.05) is 19.6 Å². The Morgan fingerprint density at radius 2 is 1.95 bits per heavy atom. The van der Waals surface area contributed by atoms with E-state index in [1.54, 1.807) is 18.2 Å². The molecular weight excluding hydrogens is 281 g/mol. The molecule has 0 heterocycles. The second-order valence-corrected chi connectivity index (χ2v) is 5.24. The van der Waals surface area contributed by atoms with Crippen LogP contribution in [0.1, 0.15) is 51.2 Å². The highest BCUT2D eigenvalue weighted by Gasteiger charge is 2.11. The van der Waals surface area contributed by atoms with Gasteiger partial charge in [-0.3, -0.25) is 4.99 Å². The molecule has 1 aromatic carbocycles. The lowest BCUT2D eigenvalue weighted by Crippen LogP contribution is -2.38. The Kier molecular flexibility index (Phi) is 9.23. The lowest BCUT2D eigenvalue weighted by Gasteiger charge is -2.13. The molecule has 0 amide bonds. The van der Waals surface area contributed by atoms with Crippen molar-refractivity contribution in [2.45, 2.75) is 45.6 Å². The highest BCUT2D eigenvalue weighted by Crippen LogP contribution is 2.16. The molecule has 0 fully saturated rings. The van der Waals surface area contributed by atoms with Gasteiger partial charge in [-0.2, -0.15) is 0 Å². The summed E-state index contributed by atoms with van der Waals surface area (Å²) < 4.78 is 13.6. The van der Waals surface area contributed by atoms with E-state index in [4.69, 9.17) is 0 Å². The second-order valence-electron chi connectivity index (χ2n) is 5.24. The van der Waals surface area contributed by atoms with Crippen molar-refractivity contribution < 1.29 is 9.50 Å². The van der Waals surface area contributed by atoms with Gasteiger partial charge in [-0.05, 0) is 19.4 Å². The fraction of sp³-hybridized carbons (Fsp3) is 0.588. The van der Waals surface area contributed by atoms with E-state index in [9.17, 15) is 9.50 Å². The Morgan fingerprint density at radius 3 is 2.64 bits per heavy atom. The molecule has 22 heavy (non-hydrogen) atoms. The number of aliphatic imine (C=N–C) groups is 1. The van der Waals surface area contributed by atoms with Crippen LogP contribution < -0.4 is 10.6 Å². The number of guanidine groups is 1. The van der Waals surface area contributed by atoms with Crippen LogP contribution in [0.2, 0.25) is 0 Å². The molecule has 1 aromatic rings. The summed E-state index contributed by atoms with van der Waals surface area (Å²) in [5.74, 6) is 0.261. The molecule has 0 spiro atoms. The van der Waals surface area contributed by atoms with Gasteiger partial charge < -0.3 is 15.7 Å². The quantitative estimate of drug-likeness (QED) is 0.373.